The molecule has 0 aliphatic carbocycles. The van der Waals surface area contributed by atoms with Gasteiger partial charge >= 0.3 is 0 Å². The molecule has 0 saturated carbocycles. The van der Waals surface area contributed by atoms with Gasteiger partial charge in [-0.05, 0) is 25.3 Å². The van der Waals surface area contributed by atoms with E-state index >= 15 is 0 Å². The van der Waals surface area contributed by atoms with E-state index in [0.717, 1.165) is 11.1 Å². The van der Waals surface area contributed by atoms with Crippen molar-refractivity contribution in [2.45, 2.75) is 18.1 Å². The molecule has 1 N–H and O–H groups in total. The van der Waals surface area contributed by atoms with Crippen molar-refractivity contribution in [3.63, 3.8) is 0 Å². The van der Waals surface area contributed by atoms with Gasteiger partial charge in [-0.15, -0.1) is 0 Å². The van der Waals surface area contributed by atoms with E-state index in [1.807, 2.05) is 19.2 Å². The zero-order chi connectivity index (χ0) is 16.8. The highest BCUT2D eigenvalue weighted by atomic mass is 32.2. The quantitative estimate of drug-likeness (QED) is 0.664. The smallest absolute Gasteiger partial charge is 0.187 e. The van der Waals surface area contributed by atoms with Crippen molar-refractivity contribution < 1.29 is 13.5 Å². The third-order valence-corrected chi connectivity index (χ3v) is 5.89. The Balaban J connectivity index is 1.94. The van der Waals surface area contributed by atoms with E-state index in [2.05, 4.69) is 14.9 Å². The number of hydrogen-bond donors (Lipinski definition) is 1. The summed E-state index contributed by atoms with van der Waals surface area (Å²) in [5.74, 6) is 0.455. The van der Waals surface area contributed by atoms with Crippen LogP contribution in [0.1, 0.15) is 6.92 Å². The third-order valence-electron chi connectivity index (χ3n) is 4.30. The minimum atomic E-state index is -2.98. The number of benzene rings is 1. The highest BCUT2D eigenvalue weighted by Gasteiger charge is 2.38. The number of rotatable bonds is 4. The van der Waals surface area contributed by atoms with Gasteiger partial charge in [-0.25, -0.2) is 18.4 Å². The highest BCUT2D eigenvalue weighted by molar-refractivity contribution is 7.98. The molecule has 1 aliphatic rings. The van der Waals surface area contributed by atoms with Crippen molar-refractivity contribution in [1.29, 1.82) is 0 Å². The molecule has 1 aliphatic heterocycles. The van der Waals surface area contributed by atoms with E-state index in [1.165, 1.54) is 18.0 Å². The van der Waals surface area contributed by atoms with Crippen molar-refractivity contribution in [3.8, 4) is 5.75 Å². The number of phenols is 1. The van der Waals surface area contributed by atoms with Crippen LogP contribution >= 0.6 is 11.8 Å². The lowest BCUT2D eigenvalue weighted by Gasteiger charge is -2.48. The van der Waals surface area contributed by atoms with Gasteiger partial charge in [0, 0.05) is 42.0 Å². The molecule has 1 fully saturated rings. The lowest BCUT2D eigenvalue weighted by Crippen LogP contribution is -2.57. The summed E-state index contributed by atoms with van der Waals surface area (Å²) in [5.41, 5.74) is 1.46. The van der Waals surface area contributed by atoms with E-state index in [0.29, 0.717) is 17.2 Å². The molecule has 8 heteroatoms. The molecule has 2 aromatic rings. The number of nitrogens with zero attached hydrogens (tertiary/aromatic N) is 3. The number of aromatic nitrogens is 2. The van der Waals surface area contributed by atoms with E-state index in [9.17, 15) is 13.5 Å². The van der Waals surface area contributed by atoms with Gasteiger partial charge in [-0.1, -0.05) is 11.8 Å². The molecule has 23 heavy (non-hydrogen) atoms. The van der Waals surface area contributed by atoms with Crippen molar-refractivity contribution in [2.24, 2.45) is 5.92 Å². The normalized spacial score (nSPS) is 21.4. The molecule has 1 saturated heterocycles. The molecule has 1 aromatic carbocycles. The Morgan fingerprint density at radius 3 is 2.78 bits per heavy atom. The number of fused-ring (bicyclic) bond motifs is 1. The monoisotopic (exact) mass is 353 g/mol. The summed E-state index contributed by atoms with van der Waals surface area (Å²) in [5, 5.41) is 11.5. The molecule has 2 atom stereocenters. The fraction of sp³-hybridized carbons (Fsp3) is 0.467. The van der Waals surface area contributed by atoms with Crippen LogP contribution in [0.2, 0.25) is 0 Å². The van der Waals surface area contributed by atoms with Gasteiger partial charge in [0.05, 0.1) is 5.75 Å². The van der Waals surface area contributed by atoms with E-state index in [-0.39, 0.29) is 23.5 Å². The molecule has 6 nitrogen and oxygen atoms in total. The van der Waals surface area contributed by atoms with Gasteiger partial charge in [-0.2, -0.15) is 0 Å². The second kappa shape index (κ2) is 5.83. The molecule has 2 heterocycles. The van der Waals surface area contributed by atoms with Crippen LogP contribution in [-0.4, -0.2) is 54.3 Å². The van der Waals surface area contributed by atoms with Crippen molar-refractivity contribution >= 4 is 38.2 Å². The molecule has 0 radical (unpaired) electrons. The van der Waals surface area contributed by atoms with Crippen LogP contribution in [0.25, 0.3) is 10.9 Å². The molecule has 124 valence electrons. The maximum absolute atomic E-state index is 11.5. The summed E-state index contributed by atoms with van der Waals surface area (Å²) in [6.07, 6.45) is 4.88. The van der Waals surface area contributed by atoms with Crippen molar-refractivity contribution in [1.82, 2.24) is 9.97 Å². The Morgan fingerprint density at radius 2 is 2.17 bits per heavy atom. The summed E-state index contributed by atoms with van der Waals surface area (Å²) in [6.45, 7) is 2.70. The van der Waals surface area contributed by atoms with Crippen LogP contribution in [-0.2, 0) is 9.84 Å². The van der Waals surface area contributed by atoms with Crippen LogP contribution in [0.5, 0.6) is 5.75 Å². The average molecular weight is 353 g/mol. The fourth-order valence-corrected chi connectivity index (χ4v) is 4.51. The molecule has 0 amide bonds. The van der Waals surface area contributed by atoms with Crippen LogP contribution < -0.4 is 4.90 Å². The van der Waals surface area contributed by atoms with Gasteiger partial charge in [0.15, 0.2) is 5.16 Å². The topological polar surface area (TPSA) is 83.4 Å². The first-order chi connectivity index (χ1) is 10.8. The number of aromatic hydroxyl groups is 1. The molecule has 3 rings (SSSR count). The number of anilines is 1. The number of sulfone groups is 1. The van der Waals surface area contributed by atoms with Crippen LogP contribution in [0.4, 0.5) is 5.69 Å². The maximum atomic E-state index is 11.5. The third kappa shape index (κ3) is 3.10. The van der Waals surface area contributed by atoms with Gasteiger partial charge in [0.25, 0.3) is 0 Å². The minimum Gasteiger partial charge on any atom is -0.506 e. The second-order valence-electron chi connectivity index (χ2n) is 5.97. The SMILES string of the molecule is CSc1ncc2c(N3C[C@H](CS(C)(=O)=O)[C@H]3C)ccc(O)c2n1. The largest absolute Gasteiger partial charge is 0.506 e. The fourth-order valence-electron chi connectivity index (χ4n) is 3.01. The lowest BCUT2D eigenvalue weighted by atomic mass is 9.90. The first-order valence-electron chi connectivity index (χ1n) is 7.27. The Hall–Kier alpha value is -1.54. The van der Waals surface area contributed by atoms with Crippen LogP contribution in [0, 0.1) is 5.92 Å². The first kappa shape index (κ1) is 16.3. The lowest BCUT2D eigenvalue weighted by molar-refractivity contribution is 0.342. The van der Waals surface area contributed by atoms with Gasteiger partial charge < -0.3 is 10.0 Å². The minimum absolute atomic E-state index is 0.123. The van der Waals surface area contributed by atoms with Gasteiger partial charge in [0.2, 0.25) is 0 Å². The molecular formula is C15H19N3O3S2. The second-order valence-corrected chi connectivity index (χ2v) is 8.93. The Bertz CT molecular complexity index is 854. The summed E-state index contributed by atoms with van der Waals surface area (Å²) >= 11 is 1.42. The molecule has 1 aromatic heterocycles. The van der Waals surface area contributed by atoms with Crippen molar-refractivity contribution in [3.05, 3.63) is 18.3 Å². The first-order valence-corrected chi connectivity index (χ1v) is 10.6. The van der Waals surface area contributed by atoms with E-state index in [1.54, 1.807) is 12.3 Å². The van der Waals surface area contributed by atoms with Gasteiger partial charge in [0.1, 0.15) is 21.1 Å². The Morgan fingerprint density at radius 1 is 1.43 bits per heavy atom. The number of phenolic OH excluding ortho intramolecular Hbond substituents is 1. The number of hydrogen-bond acceptors (Lipinski definition) is 7. The number of thioether (sulfide) groups is 1. The zero-order valence-electron chi connectivity index (χ0n) is 13.2. The Labute approximate surface area is 139 Å². The van der Waals surface area contributed by atoms with Crippen LogP contribution in [0.3, 0.4) is 0 Å². The Kier molecular flexibility index (Phi) is 4.14. The van der Waals surface area contributed by atoms with E-state index in [4.69, 9.17) is 0 Å². The van der Waals surface area contributed by atoms with E-state index < -0.39 is 9.84 Å². The molecule has 0 bridgehead atoms. The van der Waals surface area contributed by atoms with Crippen LogP contribution in [0.15, 0.2) is 23.5 Å². The summed E-state index contributed by atoms with van der Waals surface area (Å²) in [6, 6.07) is 3.59. The van der Waals surface area contributed by atoms with Crippen molar-refractivity contribution in [2.75, 3.05) is 29.7 Å². The average Bonchev–Trinajstić information content (AvgIpc) is 2.51. The molecular weight excluding hydrogens is 334 g/mol. The predicted molar refractivity (Wildman–Crippen MR) is 93.0 cm³/mol. The molecule has 0 spiro atoms. The summed E-state index contributed by atoms with van der Waals surface area (Å²) in [7, 11) is -2.98. The maximum Gasteiger partial charge on any atom is 0.187 e. The van der Waals surface area contributed by atoms with Gasteiger partial charge in [-0.3, -0.25) is 0 Å². The molecule has 0 unspecified atom stereocenters. The summed E-state index contributed by atoms with van der Waals surface area (Å²) in [4.78, 5) is 10.8. The zero-order valence-corrected chi connectivity index (χ0v) is 14.9. The highest BCUT2D eigenvalue weighted by Crippen LogP contribution is 2.38. The summed E-state index contributed by atoms with van der Waals surface area (Å²) < 4.78 is 23.0. The predicted octanol–water partition coefficient (Wildman–Crippen LogP) is 1.93. The standard InChI is InChI=1S/C15H19N3O3S2/c1-9-10(8-23(3,20)21)7-18(9)12-4-5-13(19)14-11(12)6-16-15(17-14)22-2/h4-6,9-10,19H,7-8H2,1-3H3/t9-,10-/m1/s1.